The summed E-state index contributed by atoms with van der Waals surface area (Å²) >= 11 is 0. The molecular weight excluding hydrogens is 519 g/mol. The van der Waals surface area contributed by atoms with Gasteiger partial charge in [-0.1, -0.05) is 105 Å². The summed E-state index contributed by atoms with van der Waals surface area (Å²) in [7, 11) is 0. The number of aliphatic imine (C=N–C) groups is 2. The van der Waals surface area contributed by atoms with Crippen LogP contribution in [0.5, 0.6) is 0 Å². The molecule has 0 atom stereocenters. The van der Waals surface area contributed by atoms with Crippen molar-refractivity contribution in [2.24, 2.45) is 9.98 Å². The van der Waals surface area contributed by atoms with Gasteiger partial charge in [-0.2, -0.15) is 0 Å². The van der Waals surface area contributed by atoms with E-state index in [-0.39, 0.29) is 16.5 Å². The predicted molar refractivity (Wildman–Crippen MR) is 171 cm³/mol. The van der Waals surface area contributed by atoms with Gasteiger partial charge in [0.25, 0.3) is 0 Å². The fourth-order valence-corrected chi connectivity index (χ4v) is 5.34. The fraction of sp³-hybridized carbons (Fsp3) is 0.611. The van der Waals surface area contributed by atoms with Gasteiger partial charge in [0.1, 0.15) is 0 Å². The number of hydrogen-bond donors (Lipinski definition) is 0. The Hall–Kier alpha value is -1.73. The van der Waals surface area contributed by atoms with Gasteiger partial charge in [-0.25, -0.2) is 0 Å². The summed E-state index contributed by atoms with van der Waals surface area (Å²) in [4.78, 5) is 10.7. The number of aryl methyl sites for hydroxylation is 4. The van der Waals surface area contributed by atoms with Crippen molar-refractivity contribution in [1.82, 2.24) is 0 Å². The Bertz CT molecular complexity index is 1010. The van der Waals surface area contributed by atoms with Crippen molar-refractivity contribution in [3.05, 3.63) is 58.7 Å². The van der Waals surface area contributed by atoms with E-state index in [0.29, 0.717) is 0 Å². The van der Waals surface area contributed by atoms with Crippen LogP contribution in [0.15, 0.2) is 46.4 Å². The molecule has 2 rings (SSSR count). The molecule has 220 valence electrons. The zero-order chi connectivity index (χ0) is 27.6. The number of unbranched alkanes of at least 4 members (excludes halogenated alkanes) is 8. The van der Waals surface area contributed by atoms with Crippen LogP contribution in [-0.2, 0) is 42.2 Å². The van der Waals surface area contributed by atoms with Crippen molar-refractivity contribution >= 4 is 22.8 Å². The normalized spacial score (nSPS) is 12.1. The molecule has 0 aliphatic carbocycles. The molecule has 0 N–H and O–H groups in total. The van der Waals surface area contributed by atoms with Gasteiger partial charge in [-0.05, 0) is 97.9 Å². The van der Waals surface area contributed by atoms with Gasteiger partial charge in [0.2, 0.25) is 0 Å². The van der Waals surface area contributed by atoms with Crippen molar-refractivity contribution in [3.63, 3.8) is 0 Å². The summed E-state index contributed by atoms with van der Waals surface area (Å²) in [5, 5.41) is 0. The van der Waals surface area contributed by atoms with E-state index < -0.39 is 0 Å². The molecule has 39 heavy (non-hydrogen) atoms. The minimum atomic E-state index is 0. The standard InChI is InChI=1S/C36H56N2.Ni/c1-7-13-15-17-18-20-22-36(38-34-26-24-30(10-4)32(12-6)28-34)35(21-19-16-14-8-2)37-33-25-23-29(9-3)31(11-5)27-33;/h23-28H,7-22H2,1-6H3;/b37-35+,38-36+;. The Morgan fingerprint density at radius 1 is 0.462 bits per heavy atom. The molecule has 2 aromatic carbocycles. The van der Waals surface area contributed by atoms with Gasteiger partial charge in [-0.3, -0.25) is 9.98 Å². The fourth-order valence-electron chi connectivity index (χ4n) is 5.34. The molecular formula is C36H56N2Ni. The van der Waals surface area contributed by atoms with Crippen LogP contribution < -0.4 is 0 Å². The van der Waals surface area contributed by atoms with E-state index in [0.717, 1.165) is 49.9 Å². The summed E-state index contributed by atoms with van der Waals surface area (Å²) in [6, 6.07) is 13.7. The molecule has 0 radical (unpaired) electrons. The first-order valence-corrected chi connectivity index (χ1v) is 16.0. The molecule has 0 unspecified atom stereocenters. The first-order valence-electron chi connectivity index (χ1n) is 16.0. The Morgan fingerprint density at radius 3 is 1.21 bits per heavy atom. The summed E-state index contributed by atoms with van der Waals surface area (Å²) in [6.45, 7) is 13.6. The first kappa shape index (κ1) is 35.3. The molecule has 0 spiro atoms. The van der Waals surface area contributed by atoms with E-state index >= 15 is 0 Å². The average molecular weight is 576 g/mol. The number of nitrogens with zero attached hydrogens (tertiary/aromatic N) is 2. The van der Waals surface area contributed by atoms with E-state index in [1.807, 2.05) is 0 Å². The van der Waals surface area contributed by atoms with Gasteiger partial charge in [-0.15, -0.1) is 0 Å². The molecule has 3 heteroatoms. The van der Waals surface area contributed by atoms with Crippen LogP contribution in [0.25, 0.3) is 0 Å². The Balaban J connectivity index is 0.00000760. The smallest absolute Gasteiger partial charge is 0.0636 e. The summed E-state index contributed by atoms with van der Waals surface area (Å²) in [6.07, 6.45) is 19.1. The van der Waals surface area contributed by atoms with Crippen LogP contribution in [0.1, 0.15) is 141 Å². The monoisotopic (exact) mass is 574 g/mol. The second-order valence-corrected chi connectivity index (χ2v) is 10.8. The van der Waals surface area contributed by atoms with Crippen LogP contribution in [0, 0.1) is 0 Å². The van der Waals surface area contributed by atoms with Crippen molar-refractivity contribution in [3.8, 4) is 0 Å². The number of benzene rings is 2. The first-order chi connectivity index (χ1) is 18.6. The third-order valence-corrected chi connectivity index (χ3v) is 7.80. The SMILES string of the molecule is CCCCCCCCC(=N\c1ccc(CC)c(CC)c1)/C(CCCCCC)=N/c1ccc(CC)c(CC)c1.[Ni]. The molecule has 0 aliphatic rings. The second-order valence-electron chi connectivity index (χ2n) is 10.8. The molecule has 0 fully saturated rings. The van der Waals surface area contributed by atoms with E-state index in [1.165, 1.54) is 97.9 Å². The quantitative estimate of drug-likeness (QED) is 0.0904. The molecule has 0 aromatic heterocycles. The zero-order valence-electron chi connectivity index (χ0n) is 26.0. The maximum absolute atomic E-state index is 5.33. The van der Waals surface area contributed by atoms with E-state index in [9.17, 15) is 0 Å². The zero-order valence-corrected chi connectivity index (χ0v) is 27.0. The summed E-state index contributed by atoms with van der Waals surface area (Å²) < 4.78 is 0. The van der Waals surface area contributed by atoms with Crippen LogP contribution >= 0.6 is 0 Å². The molecule has 0 saturated heterocycles. The average Bonchev–Trinajstić information content (AvgIpc) is 2.95. The number of hydrogen-bond acceptors (Lipinski definition) is 2. The third kappa shape index (κ3) is 12.5. The van der Waals surface area contributed by atoms with Crippen molar-refractivity contribution < 1.29 is 16.5 Å². The second kappa shape index (κ2) is 21.1. The predicted octanol–water partition coefficient (Wildman–Crippen LogP) is 11.5. The Labute approximate surface area is 251 Å². The molecule has 0 saturated carbocycles. The van der Waals surface area contributed by atoms with Gasteiger partial charge in [0.15, 0.2) is 0 Å². The molecule has 0 aliphatic heterocycles. The topological polar surface area (TPSA) is 24.7 Å². The molecule has 2 aromatic rings. The Kier molecular flexibility index (Phi) is 19.1. The van der Waals surface area contributed by atoms with Crippen molar-refractivity contribution in [2.75, 3.05) is 0 Å². The van der Waals surface area contributed by atoms with Crippen LogP contribution in [0.4, 0.5) is 11.4 Å². The maximum Gasteiger partial charge on any atom is 0.0636 e. The van der Waals surface area contributed by atoms with Gasteiger partial charge < -0.3 is 0 Å². The van der Waals surface area contributed by atoms with E-state index in [2.05, 4.69) is 77.9 Å². The largest absolute Gasteiger partial charge is 0.252 e. The van der Waals surface area contributed by atoms with E-state index in [4.69, 9.17) is 9.98 Å². The molecule has 0 heterocycles. The minimum absolute atomic E-state index is 0. The van der Waals surface area contributed by atoms with Crippen LogP contribution in [0.2, 0.25) is 0 Å². The van der Waals surface area contributed by atoms with Crippen LogP contribution in [-0.4, -0.2) is 11.4 Å². The van der Waals surface area contributed by atoms with Gasteiger partial charge in [0, 0.05) is 16.5 Å². The summed E-state index contributed by atoms with van der Waals surface area (Å²) in [5.74, 6) is 0. The molecule has 2 nitrogen and oxygen atoms in total. The Morgan fingerprint density at radius 2 is 0.821 bits per heavy atom. The van der Waals surface area contributed by atoms with Crippen LogP contribution in [0.3, 0.4) is 0 Å². The third-order valence-electron chi connectivity index (χ3n) is 7.80. The van der Waals surface area contributed by atoms with Gasteiger partial charge >= 0.3 is 0 Å². The molecule has 0 amide bonds. The van der Waals surface area contributed by atoms with Crippen molar-refractivity contribution in [1.29, 1.82) is 0 Å². The van der Waals surface area contributed by atoms with E-state index in [1.54, 1.807) is 0 Å². The van der Waals surface area contributed by atoms with Gasteiger partial charge in [0.05, 0.1) is 22.8 Å². The summed E-state index contributed by atoms with van der Waals surface area (Å²) in [5.41, 5.74) is 10.3. The number of rotatable bonds is 19. The maximum atomic E-state index is 5.33. The molecule has 0 bridgehead atoms. The minimum Gasteiger partial charge on any atom is -0.252 e. The van der Waals surface area contributed by atoms with Crippen molar-refractivity contribution in [2.45, 2.75) is 144 Å².